The summed E-state index contributed by atoms with van der Waals surface area (Å²) >= 11 is 0. The number of likely N-dealkylation sites (N-methyl/N-ethyl adjacent to an activating group) is 1. The number of ether oxygens (including phenoxy) is 3. The monoisotopic (exact) mass is 245 g/mol. The number of hydrogen-bond acceptors (Lipinski definition) is 4. The molecule has 0 amide bonds. The molecule has 1 aliphatic heterocycles. The van der Waals surface area contributed by atoms with Crippen molar-refractivity contribution in [2.24, 2.45) is 0 Å². The number of nitrogens with zero attached hydrogens (tertiary/aromatic N) is 1. The Hall–Kier alpha value is -0.160. The summed E-state index contributed by atoms with van der Waals surface area (Å²) in [5.74, 6) is 0. The minimum atomic E-state index is 0.389. The zero-order valence-corrected chi connectivity index (χ0v) is 11.5. The van der Waals surface area contributed by atoms with Crippen LogP contribution in [0.4, 0.5) is 0 Å². The highest BCUT2D eigenvalue weighted by molar-refractivity contribution is 4.82. The lowest BCUT2D eigenvalue weighted by Gasteiger charge is -2.15. The summed E-state index contributed by atoms with van der Waals surface area (Å²) in [6.45, 7) is 8.75. The highest BCUT2D eigenvalue weighted by Gasteiger charge is 2.28. The van der Waals surface area contributed by atoms with Crippen LogP contribution in [-0.2, 0) is 14.2 Å². The Morgan fingerprint density at radius 2 is 1.76 bits per heavy atom. The molecule has 0 saturated carbocycles. The third kappa shape index (κ3) is 5.82. The summed E-state index contributed by atoms with van der Waals surface area (Å²) < 4.78 is 16.4. The molecule has 0 N–H and O–H groups in total. The molecule has 0 bridgehead atoms. The van der Waals surface area contributed by atoms with E-state index in [1.165, 1.54) is 6.42 Å². The molecule has 1 aliphatic rings. The SMILES string of the molecule is CCOCCOCCO[C@@H]1C[C@@H](CC)N(C)C1. The van der Waals surface area contributed by atoms with Gasteiger partial charge in [-0.25, -0.2) is 0 Å². The Balaban J connectivity index is 1.93. The van der Waals surface area contributed by atoms with Gasteiger partial charge in [-0.15, -0.1) is 0 Å². The molecule has 0 unspecified atom stereocenters. The smallest absolute Gasteiger partial charge is 0.0718 e. The molecule has 1 rings (SSSR count). The van der Waals surface area contributed by atoms with Gasteiger partial charge in [0.05, 0.1) is 32.5 Å². The van der Waals surface area contributed by atoms with Gasteiger partial charge in [-0.05, 0) is 26.8 Å². The van der Waals surface area contributed by atoms with E-state index in [0.717, 1.165) is 19.6 Å². The first-order valence-corrected chi connectivity index (χ1v) is 6.75. The van der Waals surface area contributed by atoms with Gasteiger partial charge in [-0.1, -0.05) is 6.92 Å². The van der Waals surface area contributed by atoms with E-state index in [-0.39, 0.29) is 0 Å². The van der Waals surface area contributed by atoms with E-state index in [0.29, 0.717) is 38.6 Å². The molecule has 2 atom stereocenters. The first-order chi connectivity index (χ1) is 8.27. The van der Waals surface area contributed by atoms with Crippen LogP contribution < -0.4 is 0 Å². The third-order valence-electron chi connectivity index (χ3n) is 3.28. The Bertz CT molecular complexity index is 190. The summed E-state index contributed by atoms with van der Waals surface area (Å²) in [5, 5.41) is 0. The Kier molecular flexibility index (Phi) is 7.77. The quantitative estimate of drug-likeness (QED) is 0.577. The van der Waals surface area contributed by atoms with Crippen molar-refractivity contribution in [3.05, 3.63) is 0 Å². The number of likely N-dealkylation sites (tertiary alicyclic amines) is 1. The van der Waals surface area contributed by atoms with Gasteiger partial charge in [0.1, 0.15) is 0 Å². The number of rotatable bonds is 9. The molecule has 0 aromatic carbocycles. The van der Waals surface area contributed by atoms with Crippen molar-refractivity contribution in [1.82, 2.24) is 4.90 Å². The summed E-state index contributed by atoms with van der Waals surface area (Å²) in [4.78, 5) is 2.39. The maximum Gasteiger partial charge on any atom is 0.0718 e. The van der Waals surface area contributed by atoms with E-state index in [9.17, 15) is 0 Å². The molecule has 0 aliphatic carbocycles. The van der Waals surface area contributed by atoms with Crippen molar-refractivity contribution in [2.75, 3.05) is 46.6 Å². The summed E-state index contributed by atoms with van der Waals surface area (Å²) in [6, 6.07) is 0.693. The van der Waals surface area contributed by atoms with Crippen molar-refractivity contribution < 1.29 is 14.2 Å². The Morgan fingerprint density at radius 1 is 1.06 bits per heavy atom. The average Bonchev–Trinajstić information content (AvgIpc) is 2.68. The van der Waals surface area contributed by atoms with Crippen molar-refractivity contribution in [3.8, 4) is 0 Å². The van der Waals surface area contributed by atoms with Gasteiger partial charge in [0.25, 0.3) is 0 Å². The zero-order chi connectivity index (χ0) is 12.5. The molecule has 1 heterocycles. The maximum atomic E-state index is 5.80. The fraction of sp³-hybridized carbons (Fsp3) is 1.00. The molecule has 4 nitrogen and oxygen atoms in total. The van der Waals surface area contributed by atoms with Crippen LogP contribution in [0.5, 0.6) is 0 Å². The van der Waals surface area contributed by atoms with Crippen LogP contribution in [0.25, 0.3) is 0 Å². The standard InChI is InChI=1S/C13H27NO3/c1-4-12-10-13(11-14(12)3)17-9-8-16-7-6-15-5-2/h12-13H,4-11H2,1-3H3/t12-,13-/m1/s1. The molecule has 17 heavy (non-hydrogen) atoms. The normalized spacial score (nSPS) is 25.6. The second kappa shape index (κ2) is 8.86. The number of hydrogen-bond donors (Lipinski definition) is 0. The van der Waals surface area contributed by atoms with Crippen LogP contribution in [0.3, 0.4) is 0 Å². The molecule has 4 heteroatoms. The molecule has 1 saturated heterocycles. The van der Waals surface area contributed by atoms with Crippen molar-refractivity contribution in [1.29, 1.82) is 0 Å². The predicted octanol–water partition coefficient (Wildman–Crippen LogP) is 1.54. The highest BCUT2D eigenvalue weighted by Crippen LogP contribution is 2.20. The Labute approximate surface area is 105 Å². The molecule has 102 valence electrons. The average molecular weight is 245 g/mol. The topological polar surface area (TPSA) is 30.9 Å². The van der Waals surface area contributed by atoms with E-state index in [1.54, 1.807) is 0 Å². The van der Waals surface area contributed by atoms with Gasteiger partial charge in [0.15, 0.2) is 0 Å². The van der Waals surface area contributed by atoms with Crippen LogP contribution in [0.15, 0.2) is 0 Å². The van der Waals surface area contributed by atoms with Crippen LogP contribution >= 0.6 is 0 Å². The van der Waals surface area contributed by atoms with Crippen molar-refractivity contribution in [3.63, 3.8) is 0 Å². The lowest BCUT2D eigenvalue weighted by molar-refractivity contribution is -0.00649. The van der Waals surface area contributed by atoms with Gasteiger partial charge in [0.2, 0.25) is 0 Å². The van der Waals surface area contributed by atoms with Gasteiger partial charge in [-0.2, -0.15) is 0 Å². The molecular weight excluding hydrogens is 218 g/mol. The van der Waals surface area contributed by atoms with Gasteiger partial charge >= 0.3 is 0 Å². The largest absolute Gasteiger partial charge is 0.379 e. The van der Waals surface area contributed by atoms with Gasteiger partial charge in [0, 0.05) is 19.2 Å². The first-order valence-electron chi connectivity index (χ1n) is 6.75. The molecule has 0 radical (unpaired) electrons. The second-order valence-corrected chi connectivity index (χ2v) is 4.54. The molecule has 0 aromatic heterocycles. The predicted molar refractivity (Wildman–Crippen MR) is 68.4 cm³/mol. The third-order valence-corrected chi connectivity index (χ3v) is 3.28. The first kappa shape index (κ1) is 14.9. The summed E-state index contributed by atoms with van der Waals surface area (Å²) in [6.07, 6.45) is 2.76. The molecular formula is C13H27NO3. The zero-order valence-electron chi connectivity index (χ0n) is 11.5. The van der Waals surface area contributed by atoms with Crippen LogP contribution in [0.2, 0.25) is 0 Å². The lowest BCUT2D eigenvalue weighted by Crippen LogP contribution is -2.24. The summed E-state index contributed by atoms with van der Waals surface area (Å²) in [5.41, 5.74) is 0. The Morgan fingerprint density at radius 3 is 2.41 bits per heavy atom. The minimum Gasteiger partial charge on any atom is -0.379 e. The van der Waals surface area contributed by atoms with Crippen LogP contribution in [0.1, 0.15) is 26.7 Å². The minimum absolute atomic E-state index is 0.389. The highest BCUT2D eigenvalue weighted by atomic mass is 16.5. The molecule has 0 aromatic rings. The van der Waals surface area contributed by atoms with E-state index < -0.39 is 0 Å². The van der Waals surface area contributed by atoms with Gasteiger partial charge in [-0.3, -0.25) is 0 Å². The fourth-order valence-corrected chi connectivity index (χ4v) is 2.27. The van der Waals surface area contributed by atoms with E-state index >= 15 is 0 Å². The molecule has 0 spiro atoms. The van der Waals surface area contributed by atoms with E-state index in [1.807, 2.05) is 6.92 Å². The van der Waals surface area contributed by atoms with E-state index in [2.05, 4.69) is 18.9 Å². The fourth-order valence-electron chi connectivity index (χ4n) is 2.27. The van der Waals surface area contributed by atoms with E-state index in [4.69, 9.17) is 14.2 Å². The van der Waals surface area contributed by atoms with Crippen LogP contribution in [-0.4, -0.2) is 63.7 Å². The van der Waals surface area contributed by atoms with Crippen molar-refractivity contribution >= 4 is 0 Å². The van der Waals surface area contributed by atoms with Crippen LogP contribution in [0, 0.1) is 0 Å². The summed E-state index contributed by atoms with van der Waals surface area (Å²) in [7, 11) is 2.18. The molecule has 1 fully saturated rings. The second-order valence-electron chi connectivity index (χ2n) is 4.54. The van der Waals surface area contributed by atoms with Crippen molar-refractivity contribution in [2.45, 2.75) is 38.8 Å². The maximum absolute atomic E-state index is 5.80. The lowest BCUT2D eigenvalue weighted by atomic mass is 10.1. The van der Waals surface area contributed by atoms with Gasteiger partial charge < -0.3 is 19.1 Å².